The summed E-state index contributed by atoms with van der Waals surface area (Å²) in [5.74, 6) is -0.680. The second-order valence-corrected chi connectivity index (χ2v) is 5.09. The standard InChI is InChI=1S/C19H20O4/c1-22-19(21)14-17(20)11-13-23-12-5-9-16-8-4-7-15-6-2-3-10-18(15)16/h2-10H,11-14H2,1H3/b9-5+. The molecule has 0 bridgehead atoms. The van der Waals surface area contributed by atoms with Crippen LogP contribution in [0.4, 0.5) is 0 Å². The SMILES string of the molecule is COC(=O)CC(=O)CCOC/C=C/c1cccc2ccccc12. The Labute approximate surface area is 135 Å². The molecule has 2 aromatic rings. The van der Waals surface area contributed by atoms with Gasteiger partial charge in [0.1, 0.15) is 12.2 Å². The zero-order valence-electron chi connectivity index (χ0n) is 13.2. The third-order valence-corrected chi connectivity index (χ3v) is 3.43. The molecule has 0 amide bonds. The Hall–Kier alpha value is -2.46. The number of fused-ring (bicyclic) bond motifs is 1. The van der Waals surface area contributed by atoms with Crippen molar-refractivity contribution in [1.29, 1.82) is 0 Å². The van der Waals surface area contributed by atoms with Crippen molar-refractivity contribution in [3.63, 3.8) is 0 Å². The van der Waals surface area contributed by atoms with E-state index in [-0.39, 0.29) is 18.6 Å². The number of benzene rings is 2. The third-order valence-electron chi connectivity index (χ3n) is 3.43. The molecule has 0 radical (unpaired) electrons. The van der Waals surface area contributed by atoms with Crippen molar-refractivity contribution in [2.75, 3.05) is 20.3 Å². The monoisotopic (exact) mass is 312 g/mol. The van der Waals surface area contributed by atoms with Crippen LogP contribution in [0.1, 0.15) is 18.4 Å². The number of methoxy groups -OCH3 is 1. The fourth-order valence-electron chi connectivity index (χ4n) is 2.23. The minimum absolute atomic E-state index is 0.171. The van der Waals surface area contributed by atoms with Gasteiger partial charge in [0, 0.05) is 6.42 Å². The van der Waals surface area contributed by atoms with Gasteiger partial charge >= 0.3 is 5.97 Å². The van der Waals surface area contributed by atoms with Crippen LogP contribution in [-0.2, 0) is 19.1 Å². The van der Waals surface area contributed by atoms with Gasteiger partial charge in [-0.25, -0.2) is 0 Å². The van der Waals surface area contributed by atoms with Crippen LogP contribution < -0.4 is 0 Å². The summed E-state index contributed by atoms with van der Waals surface area (Å²) in [6.07, 6.45) is 3.97. The normalized spacial score (nSPS) is 11.0. The number of rotatable bonds is 8. The minimum atomic E-state index is -0.508. The molecule has 0 saturated carbocycles. The summed E-state index contributed by atoms with van der Waals surface area (Å²) in [4.78, 5) is 22.3. The third kappa shape index (κ3) is 5.34. The number of esters is 1. The molecule has 23 heavy (non-hydrogen) atoms. The lowest BCUT2D eigenvalue weighted by molar-refractivity contribution is -0.143. The summed E-state index contributed by atoms with van der Waals surface area (Å²) in [7, 11) is 1.27. The maximum atomic E-state index is 11.4. The summed E-state index contributed by atoms with van der Waals surface area (Å²) < 4.78 is 9.83. The van der Waals surface area contributed by atoms with E-state index in [1.54, 1.807) is 0 Å². The van der Waals surface area contributed by atoms with Crippen LogP contribution in [0.2, 0.25) is 0 Å². The van der Waals surface area contributed by atoms with Gasteiger partial charge in [0.25, 0.3) is 0 Å². The highest BCUT2D eigenvalue weighted by Gasteiger charge is 2.08. The quantitative estimate of drug-likeness (QED) is 0.426. The van der Waals surface area contributed by atoms with Crippen molar-refractivity contribution in [2.24, 2.45) is 0 Å². The van der Waals surface area contributed by atoms with E-state index in [0.29, 0.717) is 13.2 Å². The van der Waals surface area contributed by atoms with Crippen LogP contribution in [0, 0.1) is 0 Å². The molecule has 0 fully saturated rings. The Morgan fingerprint density at radius 3 is 2.70 bits per heavy atom. The van der Waals surface area contributed by atoms with Crippen LogP contribution in [-0.4, -0.2) is 32.1 Å². The Bertz CT molecular complexity index is 698. The molecular weight excluding hydrogens is 292 g/mol. The lowest BCUT2D eigenvalue weighted by Gasteiger charge is -2.03. The maximum absolute atomic E-state index is 11.4. The lowest BCUT2D eigenvalue weighted by Crippen LogP contribution is -2.11. The van der Waals surface area contributed by atoms with Gasteiger partial charge in [0.05, 0.1) is 20.3 Å². The smallest absolute Gasteiger partial charge is 0.313 e. The van der Waals surface area contributed by atoms with E-state index in [2.05, 4.69) is 29.0 Å². The van der Waals surface area contributed by atoms with Gasteiger partial charge in [-0.3, -0.25) is 9.59 Å². The van der Waals surface area contributed by atoms with E-state index < -0.39 is 5.97 Å². The van der Waals surface area contributed by atoms with E-state index >= 15 is 0 Å². The number of ketones is 1. The summed E-state index contributed by atoms with van der Waals surface area (Å²) >= 11 is 0. The van der Waals surface area contributed by atoms with Crippen molar-refractivity contribution in [1.82, 2.24) is 0 Å². The predicted octanol–water partition coefficient (Wildman–Crippen LogP) is 3.39. The predicted molar refractivity (Wildman–Crippen MR) is 90.1 cm³/mol. The van der Waals surface area contributed by atoms with Gasteiger partial charge in [0.2, 0.25) is 0 Å². The van der Waals surface area contributed by atoms with Crippen LogP contribution >= 0.6 is 0 Å². The fourth-order valence-corrected chi connectivity index (χ4v) is 2.23. The first-order valence-corrected chi connectivity index (χ1v) is 7.51. The van der Waals surface area contributed by atoms with Crippen molar-refractivity contribution in [3.8, 4) is 0 Å². The molecule has 4 heteroatoms. The largest absolute Gasteiger partial charge is 0.469 e. The Morgan fingerprint density at radius 2 is 1.87 bits per heavy atom. The molecule has 2 aromatic carbocycles. The molecule has 0 aromatic heterocycles. The first kappa shape index (κ1) is 16.9. The van der Waals surface area contributed by atoms with Gasteiger partial charge in [-0.2, -0.15) is 0 Å². The number of Topliss-reactive ketones (excluding diaryl/α,β-unsaturated/α-hetero) is 1. The average Bonchev–Trinajstić information content (AvgIpc) is 2.57. The number of carbonyl (C=O) groups is 2. The molecule has 0 aliphatic rings. The Balaban J connectivity index is 1.77. The molecule has 0 aliphatic heterocycles. The van der Waals surface area contributed by atoms with Crippen LogP contribution in [0.25, 0.3) is 16.8 Å². The van der Waals surface area contributed by atoms with E-state index in [4.69, 9.17) is 4.74 Å². The molecule has 2 rings (SSSR count). The Morgan fingerprint density at radius 1 is 1.09 bits per heavy atom. The van der Waals surface area contributed by atoms with Gasteiger partial charge in [-0.15, -0.1) is 0 Å². The van der Waals surface area contributed by atoms with Gasteiger partial charge in [-0.05, 0) is 16.3 Å². The highest BCUT2D eigenvalue weighted by Crippen LogP contribution is 2.19. The molecule has 4 nitrogen and oxygen atoms in total. The van der Waals surface area contributed by atoms with E-state index in [9.17, 15) is 9.59 Å². The summed E-state index contributed by atoms with van der Waals surface area (Å²) in [6, 6.07) is 14.4. The van der Waals surface area contributed by atoms with Gasteiger partial charge in [0.15, 0.2) is 0 Å². The van der Waals surface area contributed by atoms with Crippen molar-refractivity contribution in [2.45, 2.75) is 12.8 Å². The van der Waals surface area contributed by atoms with Crippen LogP contribution in [0.3, 0.4) is 0 Å². The molecule has 0 saturated heterocycles. The number of hydrogen-bond donors (Lipinski definition) is 0. The fraction of sp³-hybridized carbons (Fsp3) is 0.263. The molecular formula is C19H20O4. The average molecular weight is 312 g/mol. The number of carbonyl (C=O) groups excluding carboxylic acids is 2. The first-order chi connectivity index (χ1) is 11.2. The topological polar surface area (TPSA) is 52.6 Å². The number of hydrogen-bond acceptors (Lipinski definition) is 4. The molecule has 0 N–H and O–H groups in total. The zero-order chi connectivity index (χ0) is 16.5. The van der Waals surface area contributed by atoms with E-state index in [0.717, 1.165) is 5.56 Å². The summed E-state index contributed by atoms with van der Waals surface area (Å²) in [5, 5.41) is 2.39. The molecule has 0 heterocycles. The van der Waals surface area contributed by atoms with E-state index in [1.165, 1.54) is 17.9 Å². The van der Waals surface area contributed by atoms with Gasteiger partial charge < -0.3 is 9.47 Å². The lowest BCUT2D eigenvalue weighted by atomic mass is 10.0. The first-order valence-electron chi connectivity index (χ1n) is 7.51. The molecule has 0 atom stereocenters. The summed E-state index contributed by atoms with van der Waals surface area (Å²) in [5.41, 5.74) is 1.13. The minimum Gasteiger partial charge on any atom is -0.469 e. The second-order valence-electron chi connectivity index (χ2n) is 5.09. The molecule has 0 unspecified atom stereocenters. The Kier molecular flexibility index (Phi) is 6.51. The highest BCUT2D eigenvalue weighted by molar-refractivity contribution is 5.95. The van der Waals surface area contributed by atoms with Crippen molar-refractivity contribution in [3.05, 3.63) is 54.1 Å². The maximum Gasteiger partial charge on any atom is 0.313 e. The van der Waals surface area contributed by atoms with E-state index in [1.807, 2.05) is 30.4 Å². The van der Waals surface area contributed by atoms with Crippen LogP contribution in [0.15, 0.2) is 48.5 Å². The highest BCUT2D eigenvalue weighted by atomic mass is 16.5. The van der Waals surface area contributed by atoms with Crippen LogP contribution in [0.5, 0.6) is 0 Å². The van der Waals surface area contributed by atoms with Crippen molar-refractivity contribution >= 4 is 28.6 Å². The number of ether oxygens (including phenoxy) is 2. The molecule has 0 spiro atoms. The molecule has 120 valence electrons. The second kappa shape index (κ2) is 8.86. The van der Waals surface area contributed by atoms with Gasteiger partial charge in [-0.1, -0.05) is 54.6 Å². The van der Waals surface area contributed by atoms with Crippen molar-refractivity contribution < 1.29 is 19.1 Å². The zero-order valence-corrected chi connectivity index (χ0v) is 13.2. The summed E-state index contributed by atoms with van der Waals surface area (Å²) in [6.45, 7) is 0.727. The molecule has 0 aliphatic carbocycles.